The van der Waals surface area contributed by atoms with Crippen molar-refractivity contribution in [2.24, 2.45) is 0 Å². The lowest BCUT2D eigenvalue weighted by molar-refractivity contribution is -0.144. The Bertz CT molecular complexity index is 536. The zero-order valence-electron chi connectivity index (χ0n) is 12.9. The SMILES string of the molecule is CCN(CC1CCCO1)C(=O)C(=O)Nc1c(C)cccc1F. The number of benzene rings is 1. The van der Waals surface area contributed by atoms with E-state index in [4.69, 9.17) is 4.74 Å². The van der Waals surface area contributed by atoms with E-state index in [1.165, 1.54) is 11.0 Å². The van der Waals surface area contributed by atoms with Crippen molar-refractivity contribution in [1.82, 2.24) is 4.90 Å². The van der Waals surface area contributed by atoms with Crippen LogP contribution in [0.1, 0.15) is 25.3 Å². The molecule has 6 heteroatoms. The molecule has 1 heterocycles. The number of hydrogen-bond acceptors (Lipinski definition) is 3. The molecule has 5 nitrogen and oxygen atoms in total. The lowest BCUT2D eigenvalue weighted by Crippen LogP contribution is -2.43. The molecule has 0 aromatic heterocycles. The third kappa shape index (κ3) is 3.82. The van der Waals surface area contributed by atoms with Gasteiger partial charge >= 0.3 is 11.8 Å². The van der Waals surface area contributed by atoms with Crippen molar-refractivity contribution in [3.8, 4) is 0 Å². The molecular formula is C16H21FN2O3. The van der Waals surface area contributed by atoms with Crippen molar-refractivity contribution in [2.75, 3.05) is 25.0 Å². The normalized spacial score (nSPS) is 17.3. The number of halogens is 1. The second-order valence-corrected chi connectivity index (χ2v) is 5.36. The van der Waals surface area contributed by atoms with Gasteiger partial charge in [-0.3, -0.25) is 9.59 Å². The van der Waals surface area contributed by atoms with Crippen LogP contribution in [-0.2, 0) is 14.3 Å². The summed E-state index contributed by atoms with van der Waals surface area (Å²) in [6, 6.07) is 4.47. The minimum Gasteiger partial charge on any atom is -0.376 e. The van der Waals surface area contributed by atoms with Gasteiger partial charge in [0, 0.05) is 19.7 Å². The number of aryl methyl sites for hydroxylation is 1. The van der Waals surface area contributed by atoms with Crippen molar-refractivity contribution < 1.29 is 18.7 Å². The molecule has 1 saturated heterocycles. The summed E-state index contributed by atoms with van der Waals surface area (Å²) >= 11 is 0. The van der Waals surface area contributed by atoms with E-state index in [1.807, 2.05) is 0 Å². The number of amides is 2. The molecule has 1 N–H and O–H groups in total. The average Bonchev–Trinajstić information content (AvgIpc) is 3.01. The molecule has 120 valence electrons. The molecule has 1 aromatic carbocycles. The van der Waals surface area contributed by atoms with Gasteiger partial charge in [-0.2, -0.15) is 0 Å². The molecule has 1 unspecified atom stereocenters. The van der Waals surface area contributed by atoms with E-state index in [2.05, 4.69) is 5.32 Å². The lowest BCUT2D eigenvalue weighted by Gasteiger charge is -2.23. The predicted octanol–water partition coefficient (Wildman–Crippen LogP) is 2.10. The molecule has 1 aromatic rings. The molecule has 0 spiro atoms. The van der Waals surface area contributed by atoms with Crippen molar-refractivity contribution in [3.05, 3.63) is 29.6 Å². The van der Waals surface area contributed by atoms with Crippen LogP contribution in [0, 0.1) is 12.7 Å². The second kappa shape index (κ2) is 7.35. The Hall–Kier alpha value is -1.95. The molecule has 0 bridgehead atoms. The van der Waals surface area contributed by atoms with Gasteiger partial charge < -0.3 is 15.0 Å². The summed E-state index contributed by atoms with van der Waals surface area (Å²) in [6.07, 6.45) is 1.83. The standard InChI is InChI=1S/C16H21FN2O3/c1-3-19(10-12-7-5-9-22-12)16(21)15(20)18-14-11(2)6-4-8-13(14)17/h4,6,8,12H,3,5,7,9-10H2,1-2H3,(H,18,20). The van der Waals surface area contributed by atoms with Crippen molar-refractivity contribution in [3.63, 3.8) is 0 Å². The average molecular weight is 308 g/mol. The molecule has 1 aliphatic rings. The summed E-state index contributed by atoms with van der Waals surface area (Å²) in [5.41, 5.74) is 0.623. The van der Waals surface area contributed by atoms with E-state index in [0.717, 1.165) is 12.8 Å². The molecule has 2 amide bonds. The van der Waals surface area contributed by atoms with Gasteiger partial charge in [-0.25, -0.2) is 4.39 Å². The molecule has 0 aliphatic carbocycles. The topological polar surface area (TPSA) is 58.6 Å². The van der Waals surface area contributed by atoms with Crippen LogP contribution in [0.15, 0.2) is 18.2 Å². The first-order valence-corrected chi connectivity index (χ1v) is 7.50. The molecule has 1 fully saturated rings. The third-order valence-corrected chi connectivity index (χ3v) is 3.77. The molecule has 22 heavy (non-hydrogen) atoms. The Morgan fingerprint density at radius 3 is 2.82 bits per heavy atom. The number of likely N-dealkylation sites (N-methyl/N-ethyl adjacent to an activating group) is 1. The van der Waals surface area contributed by atoms with E-state index < -0.39 is 17.6 Å². The van der Waals surface area contributed by atoms with Crippen LogP contribution >= 0.6 is 0 Å². The number of carbonyl (C=O) groups is 2. The first-order chi connectivity index (χ1) is 10.5. The Kier molecular flexibility index (Phi) is 5.49. The van der Waals surface area contributed by atoms with Crippen LogP contribution in [0.4, 0.5) is 10.1 Å². The van der Waals surface area contributed by atoms with E-state index in [-0.39, 0.29) is 11.8 Å². The number of nitrogens with one attached hydrogen (secondary N) is 1. The lowest BCUT2D eigenvalue weighted by atomic mass is 10.2. The number of carbonyl (C=O) groups excluding carboxylic acids is 2. The van der Waals surface area contributed by atoms with Crippen LogP contribution < -0.4 is 5.32 Å². The minimum absolute atomic E-state index is 0.0214. The van der Waals surface area contributed by atoms with E-state index in [9.17, 15) is 14.0 Å². The molecule has 0 saturated carbocycles. The van der Waals surface area contributed by atoms with Crippen molar-refractivity contribution in [2.45, 2.75) is 32.8 Å². The van der Waals surface area contributed by atoms with E-state index >= 15 is 0 Å². The summed E-state index contributed by atoms with van der Waals surface area (Å²) < 4.78 is 19.2. The quantitative estimate of drug-likeness (QED) is 0.867. The fourth-order valence-corrected chi connectivity index (χ4v) is 2.49. The highest BCUT2D eigenvalue weighted by atomic mass is 19.1. The van der Waals surface area contributed by atoms with Crippen LogP contribution in [0.2, 0.25) is 0 Å². The zero-order chi connectivity index (χ0) is 16.1. The molecular weight excluding hydrogens is 287 g/mol. The van der Waals surface area contributed by atoms with Gasteiger partial charge in [-0.15, -0.1) is 0 Å². The fourth-order valence-electron chi connectivity index (χ4n) is 2.49. The van der Waals surface area contributed by atoms with Gasteiger partial charge in [0.1, 0.15) is 5.82 Å². The first-order valence-electron chi connectivity index (χ1n) is 7.50. The number of hydrogen-bond donors (Lipinski definition) is 1. The number of rotatable bonds is 4. The van der Waals surface area contributed by atoms with Gasteiger partial charge in [-0.1, -0.05) is 12.1 Å². The van der Waals surface area contributed by atoms with E-state index in [0.29, 0.717) is 25.3 Å². The summed E-state index contributed by atoms with van der Waals surface area (Å²) in [7, 11) is 0. The molecule has 2 rings (SSSR count). The third-order valence-electron chi connectivity index (χ3n) is 3.77. The van der Waals surface area contributed by atoms with Crippen molar-refractivity contribution in [1.29, 1.82) is 0 Å². The smallest absolute Gasteiger partial charge is 0.313 e. The van der Waals surface area contributed by atoms with Gasteiger partial charge in [-0.05, 0) is 38.3 Å². The van der Waals surface area contributed by atoms with Crippen molar-refractivity contribution >= 4 is 17.5 Å². The van der Waals surface area contributed by atoms with Gasteiger partial charge in [0.25, 0.3) is 0 Å². The Morgan fingerprint density at radius 1 is 1.45 bits per heavy atom. The fraction of sp³-hybridized carbons (Fsp3) is 0.500. The maximum absolute atomic E-state index is 13.7. The van der Waals surface area contributed by atoms with Crippen LogP contribution in [-0.4, -0.2) is 42.5 Å². The summed E-state index contributed by atoms with van der Waals surface area (Å²) in [6.45, 7) is 4.96. The summed E-state index contributed by atoms with van der Waals surface area (Å²) in [4.78, 5) is 25.7. The molecule has 1 atom stereocenters. The number of ether oxygens (including phenoxy) is 1. The Morgan fingerprint density at radius 2 is 2.23 bits per heavy atom. The maximum atomic E-state index is 13.7. The largest absolute Gasteiger partial charge is 0.376 e. The van der Waals surface area contributed by atoms with Crippen LogP contribution in [0.5, 0.6) is 0 Å². The first kappa shape index (κ1) is 16.4. The van der Waals surface area contributed by atoms with Crippen LogP contribution in [0.3, 0.4) is 0 Å². The Balaban J connectivity index is 2.02. The number of anilines is 1. The highest BCUT2D eigenvalue weighted by Gasteiger charge is 2.26. The predicted molar refractivity (Wildman–Crippen MR) is 81.0 cm³/mol. The van der Waals surface area contributed by atoms with Crippen LogP contribution in [0.25, 0.3) is 0 Å². The molecule has 1 aliphatic heterocycles. The number of nitrogens with zero attached hydrogens (tertiary/aromatic N) is 1. The highest BCUT2D eigenvalue weighted by Crippen LogP contribution is 2.19. The minimum atomic E-state index is -0.826. The van der Waals surface area contributed by atoms with Gasteiger partial charge in [0.05, 0.1) is 11.8 Å². The summed E-state index contributed by atoms with van der Waals surface area (Å²) in [5, 5.41) is 2.37. The Labute approximate surface area is 129 Å². The highest BCUT2D eigenvalue weighted by molar-refractivity contribution is 6.39. The zero-order valence-corrected chi connectivity index (χ0v) is 12.9. The monoisotopic (exact) mass is 308 g/mol. The van der Waals surface area contributed by atoms with Gasteiger partial charge in [0.15, 0.2) is 0 Å². The summed E-state index contributed by atoms with van der Waals surface area (Å²) in [5.74, 6) is -2.04. The number of para-hydroxylation sites is 1. The molecule has 0 radical (unpaired) electrons. The maximum Gasteiger partial charge on any atom is 0.313 e. The van der Waals surface area contributed by atoms with E-state index in [1.54, 1.807) is 26.0 Å². The second-order valence-electron chi connectivity index (χ2n) is 5.36. The van der Waals surface area contributed by atoms with Gasteiger partial charge in [0.2, 0.25) is 0 Å².